The van der Waals surface area contributed by atoms with E-state index in [9.17, 15) is 4.79 Å². The van der Waals surface area contributed by atoms with Crippen molar-refractivity contribution in [2.45, 2.75) is 65.6 Å². The first-order chi connectivity index (χ1) is 12.6. The van der Waals surface area contributed by atoms with Crippen molar-refractivity contribution in [1.82, 2.24) is 4.90 Å². The summed E-state index contributed by atoms with van der Waals surface area (Å²) in [6.45, 7) is 7.53. The summed E-state index contributed by atoms with van der Waals surface area (Å²) in [6, 6.07) is 18.4. The smallest absolute Gasteiger partial charge is 0.223 e. The lowest BCUT2D eigenvalue weighted by atomic mass is 10.1. The summed E-state index contributed by atoms with van der Waals surface area (Å²) in [5.41, 5.74) is 2.29. The number of hydrogen-bond acceptors (Lipinski definition) is 2. The van der Waals surface area contributed by atoms with Crippen LogP contribution >= 0.6 is 0 Å². The zero-order valence-electron chi connectivity index (χ0n) is 16.3. The van der Waals surface area contributed by atoms with Crippen LogP contribution in [0, 0.1) is 0 Å². The first-order valence-corrected chi connectivity index (χ1v) is 9.65. The minimum Gasteiger partial charge on any atom is -0.489 e. The van der Waals surface area contributed by atoms with Gasteiger partial charge in [-0.3, -0.25) is 4.79 Å². The minimum absolute atomic E-state index is 0.207. The maximum atomic E-state index is 12.5. The molecule has 0 saturated carbocycles. The van der Waals surface area contributed by atoms with Crippen molar-refractivity contribution in [3.05, 3.63) is 65.7 Å². The Morgan fingerprint density at radius 1 is 0.962 bits per heavy atom. The Morgan fingerprint density at radius 2 is 1.65 bits per heavy atom. The number of unbranched alkanes of at least 4 members (excludes halogenated alkanes) is 2. The Balaban J connectivity index is 1.90. The minimum atomic E-state index is 0.207. The summed E-state index contributed by atoms with van der Waals surface area (Å²) < 4.78 is 5.83. The van der Waals surface area contributed by atoms with Gasteiger partial charge in [-0.05, 0) is 43.5 Å². The molecule has 0 aliphatic rings. The third-order valence-electron chi connectivity index (χ3n) is 4.46. The number of benzene rings is 2. The van der Waals surface area contributed by atoms with E-state index in [1.54, 1.807) is 0 Å². The van der Waals surface area contributed by atoms with Gasteiger partial charge in [0.15, 0.2) is 0 Å². The first kappa shape index (κ1) is 20.0. The van der Waals surface area contributed by atoms with E-state index in [0.717, 1.165) is 36.1 Å². The zero-order chi connectivity index (χ0) is 18.8. The maximum Gasteiger partial charge on any atom is 0.223 e. The van der Waals surface area contributed by atoms with Gasteiger partial charge in [0, 0.05) is 19.0 Å². The van der Waals surface area contributed by atoms with Crippen molar-refractivity contribution < 1.29 is 9.53 Å². The number of ether oxygens (including phenoxy) is 1. The van der Waals surface area contributed by atoms with E-state index in [-0.39, 0.29) is 11.9 Å². The fourth-order valence-corrected chi connectivity index (χ4v) is 2.86. The van der Waals surface area contributed by atoms with Gasteiger partial charge in [-0.1, -0.05) is 62.2 Å². The van der Waals surface area contributed by atoms with E-state index >= 15 is 0 Å². The SMILES string of the molecule is CCCCCC(=O)N(Cc1ccc(OCc2ccccc2)cc1)C(C)C. The number of carbonyl (C=O) groups excluding carboxylic acids is 1. The zero-order valence-corrected chi connectivity index (χ0v) is 16.3. The van der Waals surface area contributed by atoms with Crippen LogP contribution in [-0.4, -0.2) is 16.8 Å². The first-order valence-electron chi connectivity index (χ1n) is 9.65. The van der Waals surface area contributed by atoms with Gasteiger partial charge in [0.2, 0.25) is 5.91 Å². The third-order valence-corrected chi connectivity index (χ3v) is 4.46. The molecule has 3 nitrogen and oxygen atoms in total. The lowest BCUT2D eigenvalue weighted by Crippen LogP contribution is -2.36. The molecule has 0 radical (unpaired) electrons. The summed E-state index contributed by atoms with van der Waals surface area (Å²) in [5, 5.41) is 0. The number of carbonyl (C=O) groups is 1. The van der Waals surface area contributed by atoms with Crippen LogP contribution in [0.1, 0.15) is 57.6 Å². The Bertz CT molecular complexity index is 650. The van der Waals surface area contributed by atoms with Crippen molar-refractivity contribution in [2.24, 2.45) is 0 Å². The second-order valence-corrected chi connectivity index (χ2v) is 6.99. The number of amides is 1. The molecule has 0 aromatic heterocycles. The Morgan fingerprint density at radius 3 is 2.27 bits per heavy atom. The summed E-state index contributed by atoms with van der Waals surface area (Å²) in [6.07, 6.45) is 3.87. The predicted molar refractivity (Wildman–Crippen MR) is 107 cm³/mol. The molecule has 0 fully saturated rings. The quantitative estimate of drug-likeness (QED) is 0.522. The van der Waals surface area contributed by atoms with Crippen LogP contribution in [0.4, 0.5) is 0 Å². The van der Waals surface area contributed by atoms with Crippen molar-refractivity contribution >= 4 is 5.91 Å². The lowest BCUT2D eigenvalue weighted by Gasteiger charge is -2.27. The van der Waals surface area contributed by atoms with E-state index in [1.165, 1.54) is 0 Å². The standard InChI is InChI=1S/C23H31NO2/c1-4-5-7-12-23(25)24(19(2)3)17-20-13-15-22(16-14-20)26-18-21-10-8-6-9-11-21/h6,8-11,13-16,19H,4-5,7,12,17-18H2,1-3H3. The largest absolute Gasteiger partial charge is 0.489 e. The van der Waals surface area contributed by atoms with E-state index < -0.39 is 0 Å². The molecule has 0 spiro atoms. The van der Waals surface area contributed by atoms with Crippen LogP contribution in [0.3, 0.4) is 0 Å². The molecular formula is C23H31NO2. The average Bonchev–Trinajstić information content (AvgIpc) is 2.66. The van der Waals surface area contributed by atoms with Crippen molar-refractivity contribution in [1.29, 1.82) is 0 Å². The van der Waals surface area contributed by atoms with E-state index in [1.807, 2.05) is 35.2 Å². The molecule has 140 valence electrons. The van der Waals surface area contributed by atoms with Gasteiger partial charge in [-0.25, -0.2) is 0 Å². The van der Waals surface area contributed by atoms with Gasteiger partial charge in [0.25, 0.3) is 0 Å². The van der Waals surface area contributed by atoms with Crippen LogP contribution in [-0.2, 0) is 17.9 Å². The highest BCUT2D eigenvalue weighted by Gasteiger charge is 2.16. The molecule has 0 atom stereocenters. The molecule has 2 aromatic rings. The molecule has 2 aromatic carbocycles. The van der Waals surface area contributed by atoms with E-state index in [0.29, 0.717) is 19.6 Å². The second-order valence-electron chi connectivity index (χ2n) is 6.99. The maximum absolute atomic E-state index is 12.5. The van der Waals surface area contributed by atoms with Crippen molar-refractivity contribution in [3.8, 4) is 5.75 Å². The monoisotopic (exact) mass is 353 g/mol. The average molecular weight is 354 g/mol. The fourth-order valence-electron chi connectivity index (χ4n) is 2.86. The van der Waals surface area contributed by atoms with Gasteiger partial charge in [0.05, 0.1) is 0 Å². The van der Waals surface area contributed by atoms with Gasteiger partial charge in [0.1, 0.15) is 12.4 Å². The topological polar surface area (TPSA) is 29.5 Å². The Labute approximate surface area is 158 Å². The van der Waals surface area contributed by atoms with Gasteiger partial charge < -0.3 is 9.64 Å². The van der Waals surface area contributed by atoms with Crippen LogP contribution in [0.5, 0.6) is 5.75 Å². The summed E-state index contributed by atoms with van der Waals surface area (Å²) in [7, 11) is 0. The molecule has 0 saturated heterocycles. The molecule has 26 heavy (non-hydrogen) atoms. The molecule has 0 unspecified atom stereocenters. The van der Waals surface area contributed by atoms with Gasteiger partial charge >= 0.3 is 0 Å². The Kier molecular flexibility index (Phi) is 8.20. The third kappa shape index (κ3) is 6.55. The fraction of sp³-hybridized carbons (Fsp3) is 0.435. The molecule has 2 rings (SSSR count). The van der Waals surface area contributed by atoms with Gasteiger partial charge in [-0.2, -0.15) is 0 Å². The van der Waals surface area contributed by atoms with Crippen LogP contribution in [0.25, 0.3) is 0 Å². The molecule has 0 aliphatic carbocycles. The van der Waals surface area contributed by atoms with Crippen LogP contribution < -0.4 is 4.74 Å². The molecule has 0 aliphatic heterocycles. The van der Waals surface area contributed by atoms with Crippen molar-refractivity contribution in [2.75, 3.05) is 0 Å². The van der Waals surface area contributed by atoms with Gasteiger partial charge in [-0.15, -0.1) is 0 Å². The lowest BCUT2D eigenvalue weighted by molar-refractivity contribution is -0.133. The summed E-state index contributed by atoms with van der Waals surface area (Å²) in [4.78, 5) is 14.5. The van der Waals surface area contributed by atoms with Crippen LogP contribution in [0.15, 0.2) is 54.6 Å². The number of nitrogens with zero attached hydrogens (tertiary/aromatic N) is 1. The highest BCUT2D eigenvalue weighted by Crippen LogP contribution is 2.17. The molecule has 0 bridgehead atoms. The highest BCUT2D eigenvalue weighted by molar-refractivity contribution is 5.76. The molecule has 0 N–H and O–H groups in total. The van der Waals surface area contributed by atoms with E-state index in [2.05, 4.69) is 45.0 Å². The molecule has 1 amide bonds. The predicted octanol–water partition coefficient (Wildman–Crippen LogP) is 5.58. The van der Waals surface area contributed by atoms with E-state index in [4.69, 9.17) is 4.74 Å². The van der Waals surface area contributed by atoms with Crippen molar-refractivity contribution in [3.63, 3.8) is 0 Å². The normalized spacial score (nSPS) is 10.8. The summed E-state index contributed by atoms with van der Waals surface area (Å²) in [5.74, 6) is 1.10. The second kappa shape index (κ2) is 10.6. The number of rotatable bonds is 10. The highest BCUT2D eigenvalue weighted by atomic mass is 16.5. The number of hydrogen-bond donors (Lipinski definition) is 0. The summed E-state index contributed by atoms with van der Waals surface area (Å²) >= 11 is 0. The Hall–Kier alpha value is -2.29. The van der Waals surface area contributed by atoms with Crippen LogP contribution in [0.2, 0.25) is 0 Å². The molecular weight excluding hydrogens is 322 g/mol. The molecule has 0 heterocycles. The molecule has 3 heteroatoms.